The Morgan fingerprint density at radius 3 is 2.81 bits per heavy atom. The number of nitrogens with one attached hydrogen (secondary N) is 1. The van der Waals surface area contributed by atoms with E-state index in [1.165, 1.54) is 6.20 Å². The van der Waals surface area contributed by atoms with Crippen molar-refractivity contribution in [1.82, 2.24) is 14.8 Å². The van der Waals surface area contributed by atoms with E-state index < -0.39 is 0 Å². The lowest BCUT2D eigenvalue weighted by Crippen LogP contribution is -2.13. The molecule has 0 saturated carbocycles. The first-order valence-corrected chi connectivity index (χ1v) is 4.67. The Labute approximate surface area is 92.1 Å². The van der Waals surface area contributed by atoms with Crippen LogP contribution in [0.15, 0.2) is 30.6 Å². The van der Waals surface area contributed by atoms with Gasteiger partial charge in [0.15, 0.2) is 5.82 Å². The summed E-state index contributed by atoms with van der Waals surface area (Å²) < 4.78 is 1.61. The van der Waals surface area contributed by atoms with Gasteiger partial charge in [-0.15, -0.1) is 0 Å². The zero-order valence-electron chi connectivity index (χ0n) is 8.71. The first-order chi connectivity index (χ1) is 7.65. The Morgan fingerprint density at radius 2 is 2.25 bits per heavy atom. The summed E-state index contributed by atoms with van der Waals surface area (Å²) in [5.41, 5.74) is 5.87. The number of rotatable bonds is 2. The van der Waals surface area contributed by atoms with Crippen molar-refractivity contribution in [1.29, 1.82) is 0 Å². The van der Waals surface area contributed by atoms with E-state index in [9.17, 15) is 4.79 Å². The zero-order chi connectivity index (χ0) is 11.5. The Kier molecular flexibility index (Phi) is 2.55. The fourth-order valence-electron chi connectivity index (χ4n) is 1.21. The maximum Gasteiger partial charge on any atom is 0.258 e. The fourth-order valence-corrected chi connectivity index (χ4v) is 1.21. The molecule has 16 heavy (non-hydrogen) atoms. The molecule has 1 amide bonds. The summed E-state index contributed by atoms with van der Waals surface area (Å²) in [7, 11) is 1.78. The van der Waals surface area contributed by atoms with E-state index in [1.54, 1.807) is 36.1 Å². The summed E-state index contributed by atoms with van der Waals surface area (Å²) >= 11 is 0. The highest BCUT2D eigenvalue weighted by Gasteiger charge is 2.07. The van der Waals surface area contributed by atoms with Crippen molar-refractivity contribution in [3.63, 3.8) is 0 Å². The third kappa shape index (κ3) is 2.17. The molecule has 0 atom stereocenters. The molecule has 0 aliphatic heterocycles. The second-order valence-electron chi connectivity index (χ2n) is 3.30. The maximum absolute atomic E-state index is 11.7. The molecule has 2 aromatic heterocycles. The van der Waals surface area contributed by atoms with Gasteiger partial charge in [0, 0.05) is 25.5 Å². The number of pyridine rings is 1. The van der Waals surface area contributed by atoms with Gasteiger partial charge in [-0.3, -0.25) is 9.48 Å². The van der Waals surface area contributed by atoms with E-state index in [-0.39, 0.29) is 5.91 Å². The minimum Gasteiger partial charge on any atom is -0.384 e. The maximum atomic E-state index is 11.7. The molecule has 2 aromatic rings. The molecule has 0 radical (unpaired) electrons. The summed E-state index contributed by atoms with van der Waals surface area (Å²) in [6.45, 7) is 0. The molecule has 0 aliphatic carbocycles. The van der Waals surface area contributed by atoms with E-state index >= 15 is 0 Å². The van der Waals surface area contributed by atoms with Crippen LogP contribution in [-0.2, 0) is 7.05 Å². The minimum absolute atomic E-state index is 0.258. The standard InChI is InChI=1S/C10H11N5O/c1-15-5-4-9(14-15)13-10(16)7-2-3-8(11)12-6-7/h2-6H,1H3,(H2,11,12)(H,13,14,16). The lowest BCUT2D eigenvalue weighted by molar-refractivity contribution is 0.102. The summed E-state index contributed by atoms with van der Waals surface area (Å²) in [5, 5.41) is 6.68. The predicted octanol–water partition coefficient (Wildman–Crippen LogP) is 0.650. The summed E-state index contributed by atoms with van der Waals surface area (Å²) in [6, 6.07) is 4.90. The highest BCUT2D eigenvalue weighted by molar-refractivity contribution is 6.03. The molecule has 6 heteroatoms. The molecule has 0 saturated heterocycles. The summed E-state index contributed by atoms with van der Waals surface area (Å²) in [5.74, 6) is 0.630. The summed E-state index contributed by atoms with van der Waals surface area (Å²) in [6.07, 6.45) is 3.17. The van der Waals surface area contributed by atoms with Crippen LogP contribution in [0.4, 0.5) is 11.6 Å². The molecule has 0 fully saturated rings. The highest BCUT2D eigenvalue weighted by Crippen LogP contribution is 2.06. The third-order valence-electron chi connectivity index (χ3n) is 2.00. The number of nitrogen functional groups attached to an aromatic ring is 1. The number of aromatic nitrogens is 3. The first kappa shape index (κ1) is 10.2. The highest BCUT2D eigenvalue weighted by atomic mass is 16.1. The quantitative estimate of drug-likeness (QED) is 0.773. The molecule has 3 N–H and O–H groups in total. The van der Waals surface area contributed by atoms with Crippen molar-refractivity contribution in [2.45, 2.75) is 0 Å². The number of nitrogens with zero attached hydrogens (tertiary/aromatic N) is 3. The largest absolute Gasteiger partial charge is 0.384 e. The number of nitrogens with two attached hydrogens (primary N) is 1. The predicted molar refractivity (Wildman–Crippen MR) is 59.8 cm³/mol. The van der Waals surface area contributed by atoms with Crippen LogP contribution in [-0.4, -0.2) is 20.7 Å². The number of hydrogen-bond acceptors (Lipinski definition) is 4. The molecule has 0 unspecified atom stereocenters. The smallest absolute Gasteiger partial charge is 0.258 e. The van der Waals surface area contributed by atoms with Crippen LogP contribution in [0.2, 0.25) is 0 Å². The van der Waals surface area contributed by atoms with Crippen LogP contribution >= 0.6 is 0 Å². The van der Waals surface area contributed by atoms with Crippen LogP contribution in [0.25, 0.3) is 0 Å². The topological polar surface area (TPSA) is 85.8 Å². The second kappa shape index (κ2) is 4.01. The Bertz CT molecular complexity index is 502. The van der Waals surface area contributed by atoms with Gasteiger partial charge in [-0.1, -0.05) is 0 Å². The van der Waals surface area contributed by atoms with Crippen molar-refractivity contribution in [2.75, 3.05) is 11.1 Å². The van der Waals surface area contributed by atoms with Crippen molar-refractivity contribution in [3.05, 3.63) is 36.2 Å². The number of carbonyl (C=O) groups excluding carboxylic acids is 1. The van der Waals surface area contributed by atoms with Gasteiger partial charge in [0.25, 0.3) is 5.91 Å². The van der Waals surface area contributed by atoms with E-state index in [0.29, 0.717) is 17.2 Å². The number of carbonyl (C=O) groups is 1. The van der Waals surface area contributed by atoms with Crippen molar-refractivity contribution < 1.29 is 4.79 Å². The van der Waals surface area contributed by atoms with Gasteiger partial charge in [-0.25, -0.2) is 4.98 Å². The van der Waals surface area contributed by atoms with Crippen molar-refractivity contribution in [2.24, 2.45) is 7.05 Å². The van der Waals surface area contributed by atoms with E-state index in [1.807, 2.05) is 0 Å². The average Bonchev–Trinajstić information content (AvgIpc) is 2.65. The molecular formula is C10H11N5O. The molecule has 6 nitrogen and oxygen atoms in total. The molecule has 2 heterocycles. The Balaban J connectivity index is 2.11. The number of hydrogen-bond donors (Lipinski definition) is 2. The van der Waals surface area contributed by atoms with Gasteiger partial charge < -0.3 is 11.1 Å². The average molecular weight is 217 g/mol. The van der Waals surface area contributed by atoms with Gasteiger partial charge in [-0.2, -0.15) is 5.10 Å². The van der Waals surface area contributed by atoms with Gasteiger partial charge >= 0.3 is 0 Å². The molecular weight excluding hydrogens is 206 g/mol. The van der Waals surface area contributed by atoms with E-state index in [4.69, 9.17) is 5.73 Å². The summed E-state index contributed by atoms with van der Waals surface area (Å²) in [4.78, 5) is 15.5. The SMILES string of the molecule is Cn1ccc(NC(=O)c2ccc(N)nc2)n1. The Morgan fingerprint density at radius 1 is 1.44 bits per heavy atom. The van der Waals surface area contributed by atoms with E-state index in [0.717, 1.165) is 0 Å². The van der Waals surface area contributed by atoms with Gasteiger partial charge in [0.1, 0.15) is 5.82 Å². The Hall–Kier alpha value is -2.37. The van der Waals surface area contributed by atoms with Gasteiger partial charge in [-0.05, 0) is 12.1 Å². The first-order valence-electron chi connectivity index (χ1n) is 4.67. The van der Waals surface area contributed by atoms with Gasteiger partial charge in [0.2, 0.25) is 0 Å². The fraction of sp³-hybridized carbons (Fsp3) is 0.100. The molecule has 82 valence electrons. The second-order valence-corrected chi connectivity index (χ2v) is 3.30. The lowest BCUT2D eigenvalue weighted by Gasteiger charge is -2.01. The van der Waals surface area contributed by atoms with Crippen LogP contribution in [0.5, 0.6) is 0 Å². The molecule has 0 bridgehead atoms. The molecule has 0 aliphatic rings. The van der Waals surface area contributed by atoms with E-state index in [2.05, 4.69) is 15.4 Å². The minimum atomic E-state index is -0.258. The van der Waals surface area contributed by atoms with Gasteiger partial charge in [0.05, 0.1) is 5.56 Å². The van der Waals surface area contributed by atoms with Crippen molar-refractivity contribution >= 4 is 17.5 Å². The van der Waals surface area contributed by atoms with Crippen LogP contribution < -0.4 is 11.1 Å². The third-order valence-corrected chi connectivity index (χ3v) is 2.00. The van der Waals surface area contributed by atoms with Crippen molar-refractivity contribution in [3.8, 4) is 0 Å². The van der Waals surface area contributed by atoms with Crippen LogP contribution in [0, 0.1) is 0 Å². The number of amides is 1. The zero-order valence-corrected chi connectivity index (χ0v) is 8.71. The normalized spacial score (nSPS) is 10.1. The van der Waals surface area contributed by atoms with Crippen LogP contribution in [0.1, 0.15) is 10.4 Å². The number of anilines is 2. The number of aryl methyl sites for hydroxylation is 1. The van der Waals surface area contributed by atoms with Crippen LogP contribution in [0.3, 0.4) is 0 Å². The monoisotopic (exact) mass is 217 g/mol. The molecule has 0 spiro atoms. The molecule has 0 aromatic carbocycles. The lowest BCUT2D eigenvalue weighted by atomic mass is 10.2. The molecule has 2 rings (SSSR count).